The normalized spacial score (nSPS) is 23.6. The Morgan fingerprint density at radius 1 is 1.19 bits per heavy atom. The molecule has 0 aromatic heterocycles. The lowest BCUT2D eigenvalue weighted by Gasteiger charge is -2.37. The van der Waals surface area contributed by atoms with Crippen LogP contribution < -0.4 is 5.32 Å². The van der Waals surface area contributed by atoms with E-state index in [4.69, 9.17) is 18.9 Å². The minimum Gasteiger partial charge on any atom is -0.354 e. The van der Waals surface area contributed by atoms with Crippen molar-refractivity contribution >= 4 is 0 Å². The molecule has 0 aromatic carbocycles. The summed E-state index contributed by atoms with van der Waals surface area (Å²) >= 11 is 0. The van der Waals surface area contributed by atoms with Crippen molar-refractivity contribution in [2.24, 2.45) is 0 Å². The molecule has 16 heavy (non-hydrogen) atoms. The zero-order chi connectivity index (χ0) is 12.2. The first-order valence-corrected chi connectivity index (χ1v) is 5.58. The van der Waals surface area contributed by atoms with Crippen molar-refractivity contribution in [1.29, 1.82) is 0 Å². The topological polar surface area (TPSA) is 49.0 Å². The van der Waals surface area contributed by atoms with E-state index >= 15 is 0 Å². The van der Waals surface area contributed by atoms with E-state index in [1.54, 1.807) is 14.2 Å². The van der Waals surface area contributed by atoms with Gasteiger partial charge >= 0.3 is 0 Å². The van der Waals surface area contributed by atoms with Crippen molar-refractivity contribution in [3.05, 3.63) is 0 Å². The second-order valence-electron chi connectivity index (χ2n) is 4.51. The predicted molar refractivity (Wildman–Crippen MR) is 60.2 cm³/mol. The van der Waals surface area contributed by atoms with Gasteiger partial charge in [0.25, 0.3) is 0 Å². The summed E-state index contributed by atoms with van der Waals surface area (Å²) in [5.41, 5.74) is 0. The van der Waals surface area contributed by atoms with Crippen molar-refractivity contribution in [2.75, 3.05) is 27.4 Å². The molecule has 1 rings (SSSR count). The monoisotopic (exact) mass is 233 g/mol. The molecular formula is C11H23NO4. The van der Waals surface area contributed by atoms with Gasteiger partial charge in [-0.15, -0.1) is 0 Å². The maximum atomic E-state index is 5.56. The molecule has 96 valence electrons. The largest absolute Gasteiger partial charge is 0.354 e. The van der Waals surface area contributed by atoms with Crippen molar-refractivity contribution < 1.29 is 18.9 Å². The second kappa shape index (κ2) is 5.93. The Hall–Kier alpha value is -0.200. The fourth-order valence-corrected chi connectivity index (χ4v) is 1.74. The Labute approximate surface area is 97.4 Å². The molecule has 0 aliphatic carbocycles. The molecule has 1 atom stereocenters. The first kappa shape index (κ1) is 13.9. The van der Waals surface area contributed by atoms with Gasteiger partial charge in [-0.3, -0.25) is 0 Å². The van der Waals surface area contributed by atoms with Crippen molar-refractivity contribution in [1.82, 2.24) is 5.32 Å². The number of rotatable bonds is 5. The molecule has 1 aliphatic rings. The lowest BCUT2D eigenvalue weighted by atomic mass is 10.2. The van der Waals surface area contributed by atoms with E-state index in [9.17, 15) is 0 Å². The van der Waals surface area contributed by atoms with Crippen LogP contribution in [-0.4, -0.2) is 51.6 Å². The third-order valence-corrected chi connectivity index (χ3v) is 2.64. The van der Waals surface area contributed by atoms with Crippen LogP contribution in [0, 0.1) is 0 Å². The standard InChI is InChI=1S/C11H23NO4/c1-8(10(13-4)14-5)12-9-6-15-11(2,3)16-7-9/h8-10,12H,6-7H2,1-5H3. The van der Waals surface area contributed by atoms with Crippen molar-refractivity contribution in [3.63, 3.8) is 0 Å². The van der Waals surface area contributed by atoms with Gasteiger partial charge in [-0.2, -0.15) is 0 Å². The third-order valence-electron chi connectivity index (χ3n) is 2.64. The van der Waals surface area contributed by atoms with E-state index < -0.39 is 5.79 Å². The summed E-state index contributed by atoms with van der Waals surface area (Å²) in [6, 6.07) is 0.268. The highest BCUT2D eigenvalue weighted by molar-refractivity contribution is 4.77. The highest BCUT2D eigenvalue weighted by atomic mass is 16.7. The highest BCUT2D eigenvalue weighted by Gasteiger charge is 2.30. The summed E-state index contributed by atoms with van der Waals surface area (Å²) in [5.74, 6) is -0.469. The van der Waals surface area contributed by atoms with Gasteiger partial charge in [0.05, 0.1) is 25.3 Å². The lowest BCUT2D eigenvalue weighted by molar-refractivity contribution is -0.255. The predicted octanol–water partition coefficient (Wildman–Crippen LogP) is 0.735. The van der Waals surface area contributed by atoms with Crippen molar-refractivity contribution in [3.8, 4) is 0 Å². The van der Waals surface area contributed by atoms with Gasteiger partial charge in [0.15, 0.2) is 12.1 Å². The van der Waals surface area contributed by atoms with E-state index in [-0.39, 0.29) is 18.4 Å². The van der Waals surface area contributed by atoms with Gasteiger partial charge in [0.1, 0.15) is 0 Å². The number of hydrogen-bond acceptors (Lipinski definition) is 5. The molecule has 5 heteroatoms. The summed E-state index contributed by atoms with van der Waals surface area (Å²) in [5, 5.41) is 3.36. The lowest BCUT2D eigenvalue weighted by Crippen LogP contribution is -2.53. The third kappa shape index (κ3) is 3.99. The molecule has 5 nitrogen and oxygen atoms in total. The van der Waals surface area contributed by atoms with Gasteiger partial charge in [0, 0.05) is 14.2 Å². The van der Waals surface area contributed by atoms with Crippen LogP contribution >= 0.6 is 0 Å². The maximum Gasteiger partial charge on any atom is 0.171 e. The minimum atomic E-state index is -0.469. The van der Waals surface area contributed by atoms with E-state index in [1.165, 1.54) is 0 Å². The molecule has 1 aliphatic heterocycles. The van der Waals surface area contributed by atoms with E-state index in [1.807, 2.05) is 20.8 Å². The summed E-state index contributed by atoms with van der Waals surface area (Å²) < 4.78 is 21.5. The average Bonchev–Trinajstić information content (AvgIpc) is 2.23. The van der Waals surface area contributed by atoms with Crippen LogP contribution in [-0.2, 0) is 18.9 Å². The zero-order valence-electron chi connectivity index (χ0n) is 10.8. The fraction of sp³-hybridized carbons (Fsp3) is 1.00. The Kier molecular flexibility index (Phi) is 5.14. The molecule has 0 amide bonds. The molecule has 1 unspecified atom stereocenters. The van der Waals surface area contributed by atoms with Gasteiger partial charge in [-0.25, -0.2) is 0 Å². The Balaban J connectivity index is 2.33. The molecule has 0 bridgehead atoms. The molecule has 1 heterocycles. The van der Waals surface area contributed by atoms with Gasteiger partial charge in [0.2, 0.25) is 0 Å². The van der Waals surface area contributed by atoms with Gasteiger partial charge in [-0.05, 0) is 20.8 Å². The van der Waals surface area contributed by atoms with Gasteiger partial charge < -0.3 is 24.3 Å². The molecule has 0 aromatic rings. The summed E-state index contributed by atoms with van der Waals surface area (Å²) in [6.07, 6.45) is -0.255. The molecule has 1 saturated heterocycles. The maximum absolute atomic E-state index is 5.56. The number of nitrogens with one attached hydrogen (secondary N) is 1. The van der Waals surface area contributed by atoms with Crippen LogP contribution in [0.15, 0.2) is 0 Å². The Bertz CT molecular complexity index is 196. The molecule has 0 saturated carbocycles. The van der Waals surface area contributed by atoms with E-state index in [0.29, 0.717) is 13.2 Å². The van der Waals surface area contributed by atoms with Crippen LogP contribution in [0.1, 0.15) is 20.8 Å². The number of methoxy groups -OCH3 is 2. The number of hydrogen-bond donors (Lipinski definition) is 1. The van der Waals surface area contributed by atoms with Crippen molar-refractivity contribution in [2.45, 2.75) is 44.9 Å². The zero-order valence-corrected chi connectivity index (χ0v) is 10.8. The quantitative estimate of drug-likeness (QED) is 0.710. The molecule has 1 fully saturated rings. The molecule has 0 radical (unpaired) electrons. The summed E-state index contributed by atoms with van der Waals surface area (Å²) in [6.45, 7) is 7.12. The van der Waals surface area contributed by atoms with Crippen LogP contribution in [0.4, 0.5) is 0 Å². The molecular weight excluding hydrogens is 210 g/mol. The molecule has 0 spiro atoms. The SMILES string of the molecule is COC(OC)C(C)NC1COC(C)(C)OC1. The number of ether oxygens (including phenoxy) is 4. The van der Waals surface area contributed by atoms with Crippen LogP contribution in [0.2, 0.25) is 0 Å². The van der Waals surface area contributed by atoms with Gasteiger partial charge in [-0.1, -0.05) is 0 Å². The average molecular weight is 233 g/mol. The van der Waals surface area contributed by atoms with Crippen LogP contribution in [0.25, 0.3) is 0 Å². The van der Waals surface area contributed by atoms with Crippen LogP contribution in [0.5, 0.6) is 0 Å². The van der Waals surface area contributed by atoms with E-state index in [2.05, 4.69) is 5.32 Å². The minimum absolute atomic E-state index is 0.0911. The second-order valence-corrected chi connectivity index (χ2v) is 4.51. The fourth-order valence-electron chi connectivity index (χ4n) is 1.74. The summed E-state index contributed by atoms with van der Waals surface area (Å²) in [4.78, 5) is 0. The smallest absolute Gasteiger partial charge is 0.171 e. The first-order chi connectivity index (χ1) is 7.48. The van der Waals surface area contributed by atoms with Crippen LogP contribution in [0.3, 0.4) is 0 Å². The Morgan fingerprint density at radius 2 is 1.69 bits per heavy atom. The molecule has 1 N–H and O–H groups in total. The van der Waals surface area contributed by atoms with E-state index in [0.717, 1.165) is 0 Å². The summed E-state index contributed by atoms with van der Waals surface area (Å²) in [7, 11) is 3.26. The Morgan fingerprint density at radius 3 is 2.12 bits per heavy atom. The highest BCUT2D eigenvalue weighted by Crippen LogP contribution is 2.17. The first-order valence-electron chi connectivity index (χ1n) is 5.58.